The maximum atomic E-state index is 9.27. The van der Waals surface area contributed by atoms with Gasteiger partial charge in [0.25, 0.3) is 0 Å². The molecule has 2 saturated carbocycles. The summed E-state index contributed by atoms with van der Waals surface area (Å²) in [5.41, 5.74) is 0. The quantitative estimate of drug-likeness (QED) is 0.739. The normalized spacial score (nSPS) is 31.1. The Morgan fingerprint density at radius 2 is 1.88 bits per heavy atom. The highest BCUT2D eigenvalue weighted by Gasteiger charge is 2.37. The van der Waals surface area contributed by atoms with Crippen LogP contribution in [-0.2, 0) is 0 Å². The van der Waals surface area contributed by atoms with Gasteiger partial charge in [0.15, 0.2) is 0 Å². The van der Waals surface area contributed by atoms with Gasteiger partial charge >= 0.3 is 0 Å². The average Bonchev–Trinajstić information content (AvgIpc) is 3.12. The van der Waals surface area contributed by atoms with Crippen molar-refractivity contribution < 1.29 is 5.11 Å². The molecule has 16 heavy (non-hydrogen) atoms. The van der Waals surface area contributed by atoms with E-state index < -0.39 is 0 Å². The number of nitriles is 1. The van der Waals surface area contributed by atoms with Crippen molar-refractivity contribution >= 4 is 0 Å². The number of nitrogens with zero attached hydrogens (tertiary/aromatic N) is 2. The second-order valence-corrected chi connectivity index (χ2v) is 5.13. The van der Waals surface area contributed by atoms with Crippen LogP contribution in [0.25, 0.3) is 0 Å². The molecule has 0 bridgehead atoms. The third-order valence-corrected chi connectivity index (χ3v) is 3.95. The van der Waals surface area contributed by atoms with Crippen LogP contribution in [-0.4, -0.2) is 35.2 Å². The van der Waals surface area contributed by atoms with Crippen molar-refractivity contribution in [1.29, 1.82) is 5.26 Å². The fraction of sp³-hybridized carbons (Fsp3) is 0.923. The van der Waals surface area contributed by atoms with Crippen molar-refractivity contribution in [2.24, 2.45) is 5.92 Å². The van der Waals surface area contributed by atoms with Gasteiger partial charge in [-0.15, -0.1) is 0 Å². The van der Waals surface area contributed by atoms with Gasteiger partial charge in [-0.3, -0.25) is 4.90 Å². The molecule has 0 aromatic rings. The van der Waals surface area contributed by atoms with E-state index in [9.17, 15) is 5.26 Å². The monoisotopic (exact) mass is 222 g/mol. The van der Waals surface area contributed by atoms with E-state index in [2.05, 4.69) is 11.0 Å². The molecule has 2 aliphatic rings. The molecule has 0 aliphatic heterocycles. The number of rotatable bonds is 4. The summed E-state index contributed by atoms with van der Waals surface area (Å²) in [5, 5.41) is 18.4. The maximum absolute atomic E-state index is 9.27. The van der Waals surface area contributed by atoms with E-state index in [4.69, 9.17) is 5.11 Å². The van der Waals surface area contributed by atoms with Crippen LogP contribution in [0, 0.1) is 17.2 Å². The molecule has 0 heterocycles. The Kier molecular flexibility index (Phi) is 4.20. The second-order valence-electron chi connectivity index (χ2n) is 5.13. The van der Waals surface area contributed by atoms with Crippen LogP contribution in [0.5, 0.6) is 0 Å². The molecule has 3 nitrogen and oxygen atoms in total. The van der Waals surface area contributed by atoms with Gasteiger partial charge in [-0.1, -0.05) is 19.3 Å². The van der Waals surface area contributed by atoms with E-state index in [1.165, 1.54) is 32.1 Å². The van der Waals surface area contributed by atoms with Crippen LogP contribution in [0.15, 0.2) is 0 Å². The molecule has 0 amide bonds. The third-order valence-electron chi connectivity index (χ3n) is 3.95. The number of aliphatic hydroxyl groups is 1. The molecular weight excluding hydrogens is 200 g/mol. The Morgan fingerprint density at radius 1 is 1.12 bits per heavy atom. The third kappa shape index (κ3) is 2.75. The van der Waals surface area contributed by atoms with Crippen LogP contribution in [0.3, 0.4) is 0 Å². The van der Waals surface area contributed by atoms with Crippen LogP contribution in [0.2, 0.25) is 0 Å². The molecule has 0 spiro atoms. The van der Waals surface area contributed by atoms with Crippen LogP contribution in [0.4, 0.5) is 0 Å². The summed E-state index contributed by atoms with van der Waals surface area (Å²) in [4.78, 5) is 2.42. The van der Waals surface area contributed by atoms with Gasteiger partial charge in [-0.25, -0.2) is 0 Å². The molecule has 90 valence electrons. The first-order valence-electron chi connectivity index (χ1n) is 6.63. The van der Waals surface area contributed by atoms with Crippen molar-refractivity contribution in [3.8, 4) is 6.07 Å². The largest absolute Gasteiger partial charge is 0.395 e. The van der Waals surface area contributed by atoms with Crippen LogP contribution >= 0.6 is 0 Å². The Hall–Kier alpha value is -0.590. The highest BCUT2D eigenvalue weighted by Crippen LogP contribution is 2.35. The first-order chi connectivity index (χ1) is 7.86. The highest BCUT2D eigenvalue weighted by molar-refractivity contribution is 4.98. The zero-order valence-electron chi connectivity index (χ0n) is 9.94. The predicted octanol–water partition coefficient (Wildman–Crippen LogP) is 1.92. The molecule has 1 N–H and O–H groups in total. The standard InChI is InChI=1S/C13H22N2O/c14-10-11-4-2-1-3-5-13(11)15(8-9-16)12-6-7-12/h11-13,16H,1-9H2. The van der Waals surface area contributed by atoms with Gasteiger partial charge in [0.05, 0.1) is 18.6 Å². The molecule has 2 rings (SSSR count). The molecule has 2 unspecified atom stereocenters. The minimum absolute atomic E-state index is 0.189. The van der Waals surface area contributed by atoms with Gasteiger partial charge in [0.2, 0.25) is 0 Å². The zero-order valence-corrected chi connectivity index (χ0v) is 9.94. The molecule has 2 atom stereocenters. The molecular formula is C13H22N2O. The smallest absolute Gasteiger partial charge is 0.0672 e. The summed E-state index contributed by atoms with van der Waals surface area (Å²) in [6.45, 7) is 0.985. The molecule has 0 saturated heterocycles. The summed E-state index contributed by atoms with van der Waals surface area (Å²) in [6, 6.07) is 3.56. The Balaban J connectivity index is 2.03. The molecule has 0 aromatic heterocycles. The lowest BCUT2D eigenvalue weighted by Crippen LogP contribution is -2.43. The van der Waals surface area contributed by atoms with Crippen molar-refractivity contribution in [2.45, 2.75) is 57.0 Å². The SMILES string of the molecule is N#CC1CCCCCC1N(CCO)C1CC1. The summed E-state index contributed by atoms with van der Waals surface area (Å²) >= 11 is 0. The first-order valence-corrected chi connectivity index (χ1v) is 6.63. The zero-order chi connectivity index (χ0) is 11.4. The van der Waals surface area contributed by atoms with Crippen LogP contribution in [0.1, 0.15) is 44.9 Å². The van der Waals surface area contributed by atoms with E-state index in [1.807, 2.05) is 0 Å². The summed E-state index contributed by atoms with van der Waals surface area (Å²) in [7, 11) is 0. The first kappa shape index (κ1) is 11.9. The van der Waals surface area contributed by atoms with Gasteiger partial charge in [-0.05, 0) is 25.7 Å². The number of hydrogen-bond donors (Lipinski definition) is 1. The molecule has 0 aromatic carbocycles. The van der Waals surface area contributed by atoms with Crippen molar-refractivity contribution in [1.82, 2.24) is 4.90 Å². The molecule has 2 fully saturated rings. The van der Waals surface area contributed by atoms with Crippen LogP contribution < -0.4 is 0 Å². The Morgan fingerprint density at radius 3 is 2.50 bits per heavy atom. The maximum Gasteiger partial charge on any atom is 0.0672 e. The lowest BCUT2D eigenvalue weighted by atomic mass is 9.94. The topological polar surface area (TPSA) is 47.3 Å². The Bertz CT molecular complexity index is 257. The van der Waals surface area contributed by atoms with E-state index in [1.54, 1.807) is 0 Å². The predicted molar refractivity (Wildman–Crippen MR) is 62.8 cm³/mol. The van der Waals surface area contributed by atoms with Crippen molar-refractivity contribution in [2.75, 3.05) is 13.2 Å². The van der Waals surface area contributed by atoms with E-state index in [0.29, 0.717) is 12.1 Å². The van der Waals surface area contributed by atoms with Crippen molar-refractivity contribution in [3.05, 3.63) is 0 Å². The fourth-order valence-corrected chi connectivity index (χ4v) is 2.98. The second kappa shape index (κ2) is 5.65. The van der Waals surface area contributed by atoms with Gasteiger partial charge < -0.3 is 5.11 Å². The van der Waals surface area contributed by atoms with E-state index in [0.717, 1.165) is 19.4 Å². The molecule has 0 radical (unpaired) electrons. The van der Waals surface area contributed by atoms with Gasteiger partial charge in [-0.2, -0.15) is 5.26 Å². The lowest BCUT2D eigenvalue weighted by molar-refractivity contribution is 0.114. The number of aliphatic hydroxyl groups excluding tert-OH is 1. The summed E-state index contributed by atoms with van der Waals surface area (Å²) in [5.74, 6) is 0.189. The molecule has 2 aliphatic carbocycles. The lowest BCUT2D eigenvalue weighted by Gasteiger charge is -2.33. The van der Waals surface area contributed by atoms with Gasteiger partial charge in [0, 0.05) is 18.6 Å². The fourth-order valence-electron chi connectivity index (χ4n) is 2.98. The van der Waals surface area contributed by atoms with Gasteiger partial charge in [0.1, 0.15) is 0 Å². The molecule has 3 heteroatoms. The minimum atomic E-state index is 0.189. The summed E-state index contributed by atoms with van der Waals surface area (Å²) in [6.07, 6.45) is 8.43. The number of hydrogen-bond acceptors (Lipinski definition) is 3. The van der Waals surface area contributed by atoms with E-state index in [-0.39, 0.29) is 12.5 Å². The summed E-state index contributed by atoms with van der Waals surface area (Å²) < 4.78 is 0. The average molecular weight is 222 g/mol. The Labute approximate surface area is 98.1 Å². The highest BCUT2D eigenvalue weighted by atomic mass is 16.3. The van der Waals surface area contributed by atoms with Crippen molar-refractivity contribution in [3.63, 3.8) is 0 Å². The van der Waals surface area contributed by atoms with E-state index >= 15 is 0 Å². The minimum Gasteiger partial charge on any atom is -0.395 e.